The molecule has 0 bridgehead atoms. The Morgan fingerprint density at radius 3 is 2.58 bits per heavy atom. The number of anilines is 1. The number of rotatable bonds is 7. The van der Waals surface area contributed by atoms with Crippen molar-refractivity contribution in [2.24, 2.45) is 5.10 Å². The zero-order valence-corrected chi connectivity index (χ0v) is 18.4. The number of hydrogen-bond donors (Lipinski definition) is 1. The van der Waals surface area contributed by atoms with Crippen LogP contribution in [0.3, 0.4) is 0 Å². The van der Waals surface area contributed by atoms with Gasteiger partial charge in [0.15, 0.2) is 0 Å². The van der Waals surface area contributed by atoms with Gasteiger partial charge in [-0.2, -0.15) is 5.10 Å². The molecular weight excluding hydrogens is 433 g/mol. The van der Waals surface area contributed by atoms with E-state index >= 15 is 0 Å². The number of hydrogen-bond acceptors (Lipinski definition) is 5. The monoisotopic (exact) mass is 453 g/mol. The van der Waals surface area contributed by atoms with Crippen LogP contribution in [0.25, 0.3) is 22.0 Å². The second-order valence-corrected chi connectivity index (χ2v) is 8.21. The molecule has 33 heavy (non-hydrogen) atoms. The molecule has 0 aliphatic heterocycles. The van der Waals surface area contributed by atoms with Crippen molar-refractivity contribution in [3.05, 3.63) is 113 Å². The average molecular weight is 454 g/mol. The predicted molar refractivity (Wildman–Crippen MR) is 133 cm³/mol. The lowest BCUT2D eigenvalue weighted by molar-refractivity contribution is 0.300. The average Bonchev–Trinajstić information content (AvgIpc) is 3.34. The Morgan fingerprint density at radius 2 is 1.70 bits per heavy atom. The van der Waals surface area contributed by atoms with Gasteiger partial charge in [0.2, 0.25) is 5.13 Å². The van der Waals surface area contributed by atoms with E-state index in [1.807, 2.05) is 72.1 Å². The van der Waals surface area contributed by atoms with Crippen molar-refractivity contribution >= 4 is 33.5 Å². The van der Waals surface area contributed by atoms with Gasteiger partial charge >= 0.3 is 0 Å². The van der Waals surface area contributed by atoms with Crippen molar-refractivity contribution in [1.29, 1.82) is 0 Å². The Balaban J connectivity index is 1.39. The molecule has 6 heteroatoms. The maximum atomic E-state index is 14.0. The van der Waals surface area contributed by atoms with Crippen molar-refractivity contribution in [1.82, 2.24) is 4.98 Å². The molecule has 5 aromatic rings. The summed E-state index contributed by atoms with van der Waals surface area (Å²) in [5.74, 6) is 0.347. The summed E-state index contributed by atoms with van der Waals surface area (Å²) in [6.45, 7) is 0.131. The molecule has 0 unspecified atom stereocenters. The maximum Gasteiger partial charge on any atom is 0.203 e. The van der Waals surface area contributed by atoms with E-state index in [0.717, 1.165) is 27.6 Å². The van der Waals surface area contributed by atoms with Crippen LogP contribution in [0.5, 0.6) is 5.75 Å². The molecule has 0 aliphatic carbocycles. The minimum absolute atomic E-state index is 0.131. The molecule has 0 saturated heterocycles. The second kappa shape index (κ2) is 9.63. The van der Waals surface area contributed by atoms with Crippen molar-refractivity contribution < 1.29 is 9.13 Å². The molecule has 0 amide bonds. The number of benzene rings is 4. The summed E-state index contributed by atoms with van der Waals surface area (Å²) in [5.41, 5.74) is 6.30. The first-order chi connectivity index (χ1) is 16.3. The van der Waals surface area contributed by atoms with Gasteiger partial charge in [0, 0.05) is 22.1 Å². The molecule has 5 rings (SSSR count). The quantitative estimate of drug-likeness (QED) is 0.211. The molecule has 162 valence electrons. The first-order valence-electron chi connectivity index (χ1n) is 10.5. The summed E-state index contributed by atoms with van der Waals surface area (Å²) in [5, 5.41) is 9.17. The van der Waals surface area contributed by atoms with Gasteiger partial charge in [-0.1, -0.05) is 78.9 Å². The van der Waals surface area contributed by atoms with Gasteiger partial charge in [-0.15, -0.1) is 11.3 Å². The van der Waals surface area contributed by atoms with E-state index in [-0.39, 0.29) is 12.4 Å². The van der Waals surface area contributed by atoms with Crippen LogP contribution in [-0.4, -0.2) is 11.2 Å². The van der Waals surface area contributed by atoms with E-state index in [4.69, 9.17) is 4.74 Å². The molecule has 0 atom stereocenters. The van der Waals surface area contributed by atoms with Crippen LogP contribution in [0.15, 0.2) is 101 Å². The van der Waals surface area contributed by atoms with Gasteiger partial charge < -0.3 is 4.74 Å². The second-order valence-electron chi connectivity index (χ2n) is 7.35. The fourth-order valence-electron chi connectivity index (χ4n) is 3.52. The number of thiazole rings is 1. The van der Waals surface area contributed by atoms with Gasteiger partial charge in [-0.25, -0.2) is 9.37 Å². The standard InChI is InChI=1S/C27H20FN3OS/c28-24-13-7-5-11-21(24)17-32-26-15-14-19-8-4-6-12-22(19)23(26)16-29-31-27-30-25(18-33-27)20-9-2-1-3-10-20/h1-16,18H,17H2,(H,30,31). The number of aromatic nitrogens is 1. The van der Waals surface area contributed by atoms with Crippen LogP contribution < -0.4 is 10.2 Å². The van der Waals surface area contributed by atoms with Crippen LogP contribution in [-0.2, 0) is 6.61 Å². The van der Waals surface area contributed by atoms with Gasteiger partial charge in [0.1, 0.15) is 18.2 Å². The molecule has 1 heterocycles. The van der Waals surface area contributed by atoms with Crippen LogP contribution >= 0.6 is 11.3 Å². The molecule has 0 spiro atoms. The van der Waals surface area contributed by atoms with Crippen molar-refractivity contribution in [3.8, 4) is 17.0 Å². The van der Waals surface area contributed by atoms with E-state index in [9.17, 15) is 4.39 Å². The summed E-state index contributed by atoms with van der Waals surface area (Å²) in [6.07, 6.45) is 1.72. The summed E-state index contributed by atoms with van der Waals surface area (Å²) in [4.78, 5) is 4.60. The Bertz CT molecular complexity index is 1420. The molecular formula is C27H20FN3OS. The first kappa shape index (κ1) is 20.8. The predicted octanol–water partition coefficient (Wildman–Crippen LogP) is 7.13. The molecule has 4 aromatic carbocycles. The van der Waals surface area contributed by atoms with Gasteiger partial charge in [-0.3, -0.25) is 5.43 Å². The molecule has 0 saturated carbocycles. The third kappa shape index (κ3) is 4.76. The van der Waals surface area contributed by atoms with E-state index < -0.39 is 0 Å². The number of nitrogens with one attached hydrogen (secondary N) is 1. The summed E-state index contributed by atoms with van der Waals surface area (Å²) in [6, 6.07) is 28.5. The normalized spacial score (nSPS) is 11.2. The number of fused-ring (bicyclic) bond motifs is 1. The van der Waals surface area contributed by atoms with Gasteiger partial charge in [-0.05, 0) is 22.9 Å². The summed E-state index contributed by atoms with van der Waals surface area (Å²) >= 11 is 1.49. The molecule has 0 aliphatic rings. The third-order valence-corrected chi connectivity index (χ3v) is 5.95. The number of nitrogens with zero attached hydrogens (tertiary/aromatic N) is 2. The topological polar surface area (TPSA) is 46.5 Å². The fraction of sp³-hybridized carbons (Fsp3) is 0.0370. The highest BCUT2D eigenvalue weighted by atomic mass is 32.1. The lowest BCUT2D eigenvalue weighted by atomic mass is 10.0. The molecule has 4 nitrogen and oxygen atoms in total. The van der Waals surface area contributed by atoms with Gasteiger partial charge in [0.25, 0.3) is 0 Å². The Labute approximate surface area is 195 Å². The third-order valence-electron chi connectivity index (χ3n) is 5.20. The molecule has 0 fully saturated rings. The largest absolute Gasteiger partial charge is 0.488 e. The Hall–Kier alpha value is -4.03. The highest BCUT2D eigenvalue weighted by Crippen LogP contribution is 2.28. The van der Waals surface area contributed by atoms with Crippen LogP contribution in [0.2, 0.25) is 0 Å². The van der Waals surface area contributed by atoms with Crippen LogP contribution in [0, 0.1) is 5.82 Å². The SMILES string of the molecule is Fc1ccccc1COc1ccc2ccccc2c1C=NNc1nc(-c2ccccc2)cs1. The lowest BCUT2D eigenvalue weighted by Crippen LogP contribution is -2.01. The van der Waals surface area contributed by atoms with E-state index in [2.05, 4.69) is 15.5 Å². The zero-order chi connectivity index (χ0) is 22.5. The highest BCUT2D eigenvalue weighted by molar-refractivity contribution is 7.14. The Kier molecular flexibility index (Phi) is 6.08. The number of ether oxygens (including phenoxy) is 1. The van der Waals surface area contributed by atoms with Gasteiger partial charge in [0.05, 0.1) is 11.9 Å². The minimum Gasteiger partial charge on any atom is -0.488 e. The highest BCUT2D eigenvalue weighted by Gasteiger charge is 2.09. The van der Waals surface area contributed by atoms with Crippen LogP contribution in [0.1, 0.15) is 11.1 Å². The van der Waals surface area contributed by atoms with Crippen molar-refractivity contribution in [3.63, 3.8) is 0 Å². The van der Waals surface area contributed by atoms with Crippen LogP contribution in [0.4, 0.5) is 9.52 Å². The van der Waals surface area contributed by atoms with Crippen molar-refractivity contribution in [2.75, 3.05) is 5.43 Å². The maximum absolute atomic E-state index is 14.0. The zero-order valence-electron chi connectivity index (χ0n) is 17.6. The summed E-state index contributed by atoms with van der Waals surface area (Å²) < 4.78 is 20.0. The minimum atomic E-state index is -0.284. The fourth-order valence-corrected chi connectivity index (χ4v) is 4.19. The van der Waals surface area contributed by atoms with E-state index in [0.29, 0.717) is 16.4 Å². The molecule has 1 N–H and O–H groups in total. The lowest BCUT2D eigenvalue weighted by Gasteiger charge is -2.12. The Morgan fingerprint density at radius 1 is 0.909 bits per heavy atom. The molecule has 0 radical (unpaired) electrons. The van der Waals surface area contributed by atoms with E-state index in [1.165, 1.54) is 17.4 Å². The summed E-state index contributed by atoms with van der Waals surface area (Å²) in [7, 11) is 0. The first-order valence-corrected chi connectivity index (χ1v) is 11.3. The van der Waals surface area contributed by atoms with Crippen molar-refractivity contribution in [2.45, 2.75) is 6.61 Å². The van der Waals surface area contributed by atoms with E-state index in [1.54, 1.807) is 24.4 Å². The molecule has 1 aromatic heterocycles. The number of halogens is 1. The number of hydrazone groups is 1. The smallest absolute Gasteiger partial charge is 0.203 e.